The maximum atomic E-state index is 5.20. The molecule has 0 saturated heterocycles. The van der Waals surface area contributed by atoms with Crippen LogP contribution in [0.2, 0.25) is 0 Å². The third-order valence-electron chi connectivity index (χ3n) is 2.63. The minimum absolute atomic E-state index is 0.227. The van der Waals surface area contributed by atoms with Gasteiger partial charge < -0.3 is 19.7 Å². The molecule has 0 bridgehead atoms. The average Bonchev–Trinajstić information content (AvgIpc) is 2.40. The van der Waals surface area contributed by atoms with E-state index in [1.807, 2.05) is 6.07 Å². The highest BCUT2D eigenvalue weighted by molar-refractivity contribution is 5.43. The maximum absolute atomic E-state index is 5.20. The average molecular weight is 254 g/mol. The van der Waals surface area contributed by atoms with Crippen LogP contribution in [-0.4, -0.2) is 57.0 Å². The zero-order valence-corrected chi connectivity index (χ0v) is 11.5. The van der Waals surface area contributed by atoms with Gasteiger partial charge in [0, 0.05) is 34.0 Å². The summed E-state index contributed by atoms with van der Waals surface area (Å²) in [5.41, 5.74) is 0. The first kappa shape index (κ1) is 14.7. The smallest absolute Gasteiger partial charge is 0.224 e. The van der Waals surface area contributed by atoms with Crippen molar-refractivity contribution in [3.8, 4) is 0 Å². The van der Waals surface area contributed by atoms with Gasteiger partial charge in [0.05, 0.1) is 19.3 Å². The zero-order chi connectivity index (χ0) is 13.4. The highest BCUT2D eigenvalue weighted by Gasteiger charge is 2.16. The van der Waals surface area contributed by atoms with Crippen LogP contribution in [0.5, 0.6) is 0 Å². The van der Waals surface area contributed by atoms with E-state index in [0.717, 1.165) is 12.4 Å². The monoisotopic (exact) mass is 254 g/mol. The summed E-state index contributed by atoms with van der Waals surface area (Å²) in [5.74, 6) is 1.48. The molecule has 1 atom stereocenters. The predicted octanol–water partition coefficient (Wildman–Crippen LogP) is 1.01. The summed E-state index contributed by atoms with van der Waals surface area (Å²) in [6.45, 7) is 4.15. The van der Waals surface area contributed by atoms with Crippen LogP contribution in [-0.2, 0) is 9.47 Å². The molecule has 1 N–H and O–H groups in total. The lowest BCUT2D eigenvalue weighted by Gasteiger charge is -2.29. The summed E-state index contributed by atoms with van der Waals surface area (Å²) >= 11 is 0. The molecule has 18 heavy (non-hydrogen) atoms. The van der Waals surface area contributed by atoms with Gasteiger partial charge in [-0.3, -0.25) is 0 Å². The molecule has 6 nitrogen and oxygen atoms in total. The number of nitrogens with one attached hydrogen (secondary N) is 1. The summed E-state index contributed by atoms with van der Waals surface area (Å²) in [7, 11) is 5.19. The summed E-state index contributed by atoms with van der Waals surface area (Å²) in [5, 5.41) is 2.94. The summed E-state index contributed by atoms with van der Waals surface area (Å²) in [4.78, 5) is 10.7. The number of ether oxygens (including phenoxy) is 2. The molecule has 0 fully saturated rings. The number of nitrogens with zero attached hydrogens (tertiary/aromatic N) is 3. The molecule has 0 radical (unpaired) electrons. The number of methoxy groups -OCH3 is 2. The van der Waals surface area contributed by atoms with Gasteiger partial charge in [-0.1, -0.05) is 0 Å². The molecular weight excluding hydrogens is 232 g/mol. The minimum atomic E-state index is 0.227. The zero-order valence-electron chi connectivity index (χ0n) is 11.5. The third kappa shape index (κ3) is 4.12. The van der Waals surface area contributed by atoms with E-state index in [0.29, 0.717) is 19.2 Å². The number of anilines is 2. The molecule has 6 heteroatoms. The van der Waals surface area contributed by atoms with Gasteiger partial charge in [-0.25, -0.2) is 4.98 Å². The Morgan fingerprint density at radius 2 is 2.17 bits per heavy atom. The Kier molecular flexibility index (Phi) is 6.38. The molecule has 1 heterocycles. The Morgan fingerprint density at radius 1 is 1.39 bits per heavy atom. The highest BCUT2D eigenvalue weighted by atomic mass is 16.5. The van der Waals surface area contributed by atoms with Crippen LogP contribution < -0.4 is 10.2 Å². The molecule has 1 aromatic rings. The molecule has 102 valence electrons. The largest absolute Gasteiger partial charge is 0.383 e. The number of hydrogen-bond donors (Lipinski definition) is 1. The lowest BCUT2D eigenvalue weighted by Crippen LogP contribution is -2.39. The van der Waals surface area contributed by atoms with Crippen molar-refractivity contribution in [3.05, 3.63) is 12.3 Å². The summed E-state index contributed by atoms with van der Waals surface area (Å²) < 4.78 is 10.3. The summed E-state index contributed by atoms with van der Waals surface area (Å²) in [6.07, 6.45) is 1.74. The van der Waals surface area contributed by atoms with Gasteiger partial charge >= 0.3 is 0 Å². The van der Waals surface area contributed by atoms with Crippen molar-refractivity contribution in [2.24, 2.45) is 0 Å². The van der Waals surface area contributed by atoms with Crippen LogP contribution in [0, 0.1) is 0 Å². The third-order valence-corrected chi connectivity index (χ3v) is 2.63. The summed E-state index contributed by atoms with van der Waals surface area (Å²) in [6, 6.07) is 2.12. The molecule has 0 saturated carbocycles. The Labute approximate surface area is 108 Å². The molecule has 0 spiro atoms. The van der Waals surface area contributed by atoms with E-state index in [2.05, 4.69) is 27.1 Å². The van der Waals surface area contributed by atoms with E-state index in [4.69, 9.17) is 9.47 Å². The number of aromatic nitrogens is 2. The Morgan fingerprint density at radius 3 is 2.78 bits per heavy atom. The Hall–Kier alpha value is -1.40. The van der Waals surface area contributed by atoms with Gasteiger partial charge in [-0.2, -0.15) is 4.98 Å². The quantitative estimate of drug-likeness (QED) is 0.747. The number of rotatable bonds is 8. The topological polar surface area (TPSA) is 59.5 Å². The molecular formula is C12H22N4O2. The van der Waals surface area contributed by atoms with Crippen molar-refractivity contribution < 1.29 is 9.47 Å². The van der Waals surface area contributed by atoms with Crippen molar-refractivity contribution in [2.45, 2.75) is 13.0 Å². The second-order valence-corrected chi connectivity index (χ2v) is 3.98. The lowest BCUT2D eigenvalue weighted by atomic mass is 10.3. The first-order valence-corrected chi connectivity index (χ1v) is 5.98. The van der Waals surface area contributed by atoms with E-state index < -0.39 is 0 Å². The van der Waals surface area contributed by atoms with Crippen LogP contribution in [0.1, 0.15) is 6.92 Å². The highest BCUT2D eigenvalue weighted by Crippen LogP contribution is 2.15. The fourth-order valence-corrected chi connectivity index (χ4v) is 1.71. The maximum Gasteiger partial charge on any atom is 0.224 e. The molecule has 1 aromatic heterocycles. The molecule has 0 aromatic carbocycles. The SMILES string of the molecule is CNc1nccc(N(CCOC)C(C)COC)n1. The molecule has 0 aliphatic rings. The first-order chi connectivity index (χ1) is 8.72. The molecule has 0 aliphatic heterocycles. The van der Waals surface area contributed by atoms with Crippen molar-refractivity contribution in [2.75, 3.05) is 51.2 Å². The van der Waals surface area contributed by atoms with E-state index in [-0.39, 0.29) is 6.04 Å². The van der Waals surface area contributed by atoms with Gasteiger partial charge in [0.15, 0.2) is 0 Å². The van der Waals surface area contributed by atoms with Gasteiger partial charge in [0.25, 0.3) is 0 Å². The van der Waals surface area contributed by atoms with E-state index >= 15 is 0 Å². The Bertz CT molecular complexity index is 349. The van der Waals surface area contributed by atoms with Crippen LogP contribution in [0.3, 0.4) is 0 Å². The minimum Gasteiger partial charge on any atom is -0.383 e. The van der Waals surface area contributed by atoms with Crippen molar-refractivity contribution in [3.63, 3.8) is 0 Å². The van der Waals surface area contributed by atoms with E-state index in [9.17, 15) is 0 Å². The first-order valence-electron chi connectivity index (χ1n) is 5.98. The van der Waals surface area contributed by atoms with Gasteiger partial charge in [-0.15, -0.1) is 0 Å². The Balaban J connectivity index is 2.85. The normalized spacial score (nSPS) is 12.2. The van der Waals surface area contributed by atoms with Crippen molar-refractivity contribution in [1.29, 1.82) is 0 Å². The van der Waals surface area contributed by atoms with Gasteiger partial charge in [0.1, 0.15) is 5.82 Å². The van der Waals surface area contributed by atoms with Gasteiger partial charge in [-0.05, 0) is 13.0 Å². The van der Waals surface area contributed by atoms with E-state index in [1.54, 1.807) is 27.5 Å². The van der Waals surface area contributed by atoms with Crippen LogP contribution in [0.15, 0.2) is 12.3 Å². The van der Waals surface area contributed by atoms with E-state index in [1.165, 1.54) is 0 Å². The van der Waals surface area contributed by atoms with Crippen LogP contribution in [0.25, 0.3) is 0 Å². The molecule has 0 amide bonds. The van der Waals surface area contributed by atoms with Crippen molar-refractivity contribution in [1.82, 2.24) is 9.97 Å². The second kappa shape index (κ2) is 7.84. The van der Waals surface area contributed by atoms with Gasteiger partial charge in [0.2, 0.25) is 5.95 Å². The fraction of sp³-hybridized carbons (Fsp3) is 0.667. The number of hydrogen-bond acceptors (Lipinski definition) is 6. The second-order valence-electron chi connectivity index (χ2n) is 3.98. The predicted molar refractivity (Wildman–Crippen MR) is 72.1 cm³/mol. The van der Waals surface area contributed by atoms with Crippen molar-refractivity contribution >= 4 is 11.8 Å². The fourth-order valence-electron chi connectivity index (χ4n) is 1.71. The standard InChI is InChI=1S/C12H22N4O2/c1-10(9-18-4)16(7-8-17-3)11-5-6-14-12(13-2)15-11/h5-6,10H,7-9H2,1-4H3,(H,13,14,15). The van der Waals surface area contributed by atoms with Crippen LogP contribution >= 0.6 is 0 Å². The lowest BCUT2D eigenvalue weighted by molar-refractivity contribution is 0.170. The van der Waals surface area contributed by atoms with Crippen LogP contribution in [0.4, 0.5) is 11.8 Å². The molecule has 0 aliphatic carbocycles. The molecule has 1 rings (SSSR count). The molecule has 1 unspecified atom stereocenters.